The average Bonchev–Trinajstić information content (AvgIpc) is 2.94. The fourth-order valence-corrected chi connectivity index (χ4v) is 2.28. The highest BCUT2D eigenvalue weighted by molar-refractivity contribution is 6.06. The molecule has 2 aliphatic heterocycles. The fourth-order valence-electron chi connectivity index (χ4n) is 2.28. The van der Waals surface area contributed by atoms with E-state index >= 15 is 0 Å². The molecule has 2 atom stereocenters. The molecule has 2 rings (SSSR count). The van der Waals surface area contributed by atoms with Crippen LogP contribution in [0.5, 0.6) is 0 Å². The van der Waals surface area contributed by atoms with Crippen LogP contribution in [-0.2, 0) is 14.3 Å². The molecule has 0 saturated carbocycles. The first-order valence-electron chi connectivity index (χ1n) is 6.35. The minimum Gasteiger partial charge on any atom is -0.381 e. The van der Waals surface area contributed by atoms with Gasteiger partial charge >= 0.3 is 6.03 Å². The zero-order chi connectivity index (χ0) is 13.1. The molecule has 0 radical (unpaired) electrons. The van der Waals surface area contributed by atoms with Gasteiger partial charge in [-0.15, -0.1) is 0 Å². The summed E-state index contributed by atoms with van der Waals surface area (Å²) >= 11 is 0. The molecule has 6 heteroatoms. The van der Waals surface area contributed by atoms with E-state index in [0.717, 1.165) is 11.3 Å². The van der Waals surface area contributed by atoms with Crippen LogP contribution in [0.2, 0.25) is 0 Å². The molecule has 6 nitrogen and oxygen atoms in total. The van der Waals surface area contributed by atoms with Gasteiger partial charge in [0.2, 0.25) is 0 Å². The summed E-state index contributed by atoms with van der Waals surface area (Å²) in [5, 5.41) is 2.60. The Bertz CT molecular complexity index is 363. The number of ketones is 1. The molecule has 0 aromatic heterocycles. The smallest absolute Gasteiger partial charge is 0.325 e. The highest BCUT2D eigenvalue weighted by Gasteiger charge is 2.39. The van der Waals surface area contributed by atoms with Gasteiger partial charge in [0.25, 0.3) is 5.91 Å². The van der Waals surface area contributed by atoms with E-state index in [4.69, 9.17) is 4.74 Å². The second-order valence-corrected chi connectivity index (χ2v) is 4.74. The molecule has 0 bridgehead atoms. The quantitative estimate of drug-likeness (QED) is 0.716. The number of nitrogens with zero attached hydrogens (tertiary/aromatic N) is 1. The molecule has 1 N–H and O–H groups in total. The molecule has 18 heavy (non-hydrogen) atoms. The Balaban J connectivity index is 1.94. The van der Waals surface area contributed by atoms with Gasteiger partial charge in [0.15, 0.2) is 5.78 Å². The molecule has 2 heterocycles. The second kappa shape index (κ2) is 5.48. The van der Waals surface area contributed by atoms with Crippen LogP contribution in [0.25, 0.3) is 0 Å². The van der Waals surface area contributed by atoms with E-state index in [0.29, 0.717) is 26.1 Å². The summed E-state index contributed by atoms with van der Waals surface area (Å²) < 4.78 is 5.13. The molecule has 2 fully saturated rings. The number of imide groups is 1. The fraction of sp³-hybridized carbons (Fsp3) is 0.750. The molecule has 0 aromatic carbocycles. The number of amides is 3. The summed E-state index contributed by atoms with van der Waals surface area (Å²) in [5.74, 6) is -0.543. The predicted octanol–water partition coefficient (Wildman–Crippen LogP) is 0.312. The normalized spacial score (nSPS) is 27.7. The summed E-state index contributed by atoms with van der Waals surface area (Å²) in [4.78, 5) is 36.5. The van der Waals surface area contributed by atoms with Gasteiger partial charge in [-0.3, -0.25) is 14.5 Å². The van der Waals surface area contributed by atoms with Gasteiger partial charge in [-0.2, -0.15) is 0 Å². The monoisotopic (exact) mass is 254 g/mol. The molecule has 0 spiro atoms. The maximum absolute atomic E-state index is 11.9. The first kappa shape index (κ1) is 13.0. The lowest BCUT2D eigenvalue weighted by Gasteiger charge is -2.14. The summed E-state index contributed by atoms with van der Waals surface area (Å²) in [7, 11) is 0. The highest BCUT2D eigenvalue weighted by atomic mass is 16.5. The van der Waals surface area contributed by atoms with Crippen LogP contribution in [0.3, 0.4) is 0 Å². The Labute approximate surface area is 106 Å². The number of ether oxygens (including phenoxy) is 1. The second-order valence-electron chi connectivity index (χ2n) is 4.74. The maximum atomic E-state index is 11.9. The zero-order valence-corrected chi connectivity index (χ0v) is 10.5. The topological polar surface area (TPSA) is 75.7 Å². The lowest BCUT2D eigenvalue weighted by atomic mass is 10.0. The predicted molar refractivity (Wildman–Crippen MR) is 62.9 cm³/mol. The van der Waals surface area contributed by atoms with Crippen LogP contribution < -0.4 is 5.32 Å². The SMILES string of the molecule is CCCC1NC(=O)N(CC(=O)C2CCOC2)C1=O. The van der Waals surface area contributed by atoms with E-state index in [9.17, 15) is 14.4 Å². The van der Waals surface area contributed by atoms with Crippen molar-refractivity contribution in [3.63, 3.8) is 0 Å². The van der Waals surface area contributed by atoms with Crippen LogP contribution >= 0.6 is 0 Å². The van der Waals surface area contributed by atoms with E-state index in [1.807, 2.05) is 6.92 Å². The minimum absolute atomic E-state index is 0.0897. The number of hydrogen-bond acceptors (Lipinski definition) is 4. The number of carbonyl (C=O) groups is 3. The third-order valence-electron chi connectivity index (χ3n) is 3.38. The van der Waals surface area contributed by atoms with Crippen molar-refractivity contribution in [2.24, 2.45) is 5.92 Å². The van der Waals surface area contributed by atoms with Gasteiger partial charge in [-0.25, -0.2) is 4.79 Å². The van der Waals surface area contributed by atoms with Crippen molar-refractivity contribution in [2.75, 3.05) is 19.8 Å². The molecule has 3 amide bonds. The van der Waals surface area contributed by atoms with E-state index < -0.39 is 12.1 Å². The molecule has 0 aromatic rings. The van der Waals surface area contributed by atoms with Crippen molar-refractivity contribution in [1.29, 1.82) is 0 Å². The Morgan fingerprint density at radius 1 is 1.50 bits per heavy atom. The summed E-state index contributed by atoms with van der Waals surface area (Å²) in [5.41, 5.74) is 0. The number of hydrogen-bond donors (Lipinski definition) is 1. The molecular weight excluding hydrogens is 236 g/mol. The third-order valence-corrected chi connectivity index (χ3v) is 3.38. The largest absolute Gasteiger partial charge is 0.381 e. The Hall–Kier alpha value is -1.43. The number of urea groups is 1. The molecule has 100 valence electrons. The minimum atomic E-state index is -0.463. The molecule has 2 saturated heterocycles. The molecule has 2 unspecified atom stereocenters. The van der Waals surface area contributed by atoms with Gasteiger partial charge in [0.05, 0.1) is 13.2 Å². The van der Waals surface area contributed by atoms with Crippen molar-refractivity contribution >= 4 is 17.7 Å². The van der Waals surface area contributed by atoms with Crippen molar-refractivity contribution in [3.05, 3.63) is 0 Å². The number of Topliss-reactive ketones (excluding diaryl/α,β-unsaturated/α-hetero) is 1. The van der Waals surface area contributed by atoms with Crippen molar-refractivity contribution in [3.8, 4) is 0 Å². The Morgan fingerprint density at radius 3 is 2.89 bits per heavy atom. The van der Waals surface area contributed by atoms with Gasteiger partial charge in [0.1, 0.15) is 6.04 Å². The zero-order valence-electron chi connectivity index (χ0n) is 10.5. The number of carbonyl (C=O) groups excluding carboxylic acids is 3. The van der Waals surface area contributed by atoms with Crippen molar-refractivity contribution in [2.45, 2.75) is 32.2 Å². The van der Waals surface area contributed by atoms with Crippen LogP contribution in [0.15, 0.2) is 0 Å². The standard InChI is InChI=1S/C12H18N2O4/c1-2-3-9-11(16)14(12(17)13-9)6-10(15)8-4-5-18-7-8/h8-9H,2-7H2,1H3,(H,13,17). The van der Waals surface area contributed by atoms with Gasteiger partial charge < -0.3 is 10.1 Å². The summed E-state index contributed by atoms with van der Waals surface area (Å²) in [6.07, 6.45) is 2.11. The number of rotatable bonds is 5. The van der Waals surface area contributed by atoms with Crippen LogP contribution in [0.4, 0.5) is 4.79 Å². The lowest BCUT2D eigenvalue weighted by molar-refractivity contribution is -0.132. The van der Waals surface area contributed by atoms with Crippen LogP contribution in [0.1, 0.15) is 26.2 Å². The summed E-state index contributed by atoms with van der Waals surface area (Å²) in [6, 6.07) is -0.916. The Morgan fingerprint density at radius 2 is 2.28 bits per heavy atom. The van der Waals surface area contributed by atoms with Gasteiger partial charge in [-0.05, 0) is 12.8 Å². The Kier molecular flexibility index (Phi) is 3.96. The van der Waals surface area contributed by atoms with Gasteiger partial charge in [-0.1, -0.05) is 13.3 Å². The first-order chi connectivity index (χ1) is 8.63. The van der Waals surface area contributed by atoms with E-state index in [-0.39, 0.29) is 24.2 Å². The molecule has 2 aliphatic rings. The van der Waals surface area contributed by atoms with E-state index in [1.54, 1.807) is 0 Å². The van der Waals surface area contributed by atoms with Crippen molar-refractivity contribution in [1.82, 2.24) is 10.2 Å². The lowest BCUT2D eigenvalue weighted by Crippen LogP contribution is -2.38. The average molecular weight is 254 g/mol. The molecule has 0 aliphatic carbocycles. The van der Waals surface area contributed by atoms with Crippen LogP contribution in [-0.4, -0.2) is 48.4 Å². The molecular formula is C12H18N2O4. The third kappa shape index (κ3) is 2.53. The van der Waals surface area contributed by atoms with Crippen LogP contribution in [0, 0.1) is 5.92 Å². The highest BCUT2D eigenvalue weighted by Crippen LogP contribution is 2.16. The van der Waals surface area contributed by atoms with Gasteiger partial charge in [0, 0.05) is 12.5 Å². The summed E-state index contributed by atoms with van der Waals surface area (Å²) in [6.45, 7) is 2.80. The van der Waals surface area contributed by atoms with Crippen molar-refractivity contribution < 1.29 is 19.1 Å². The van der Waals surface area contributed by atoms with E-state index in [2.05, 4.69) is 5.32 Å². The first-order valence-corrected chi connectivity index (χ1v) is 6.35. The van der Waals surface area contributed by atoms with E-state index in [1.165, 1.54) is 0 Å². The number of nitrogens with one attached hydrogen (secondary N) is 1. The maximum Gasteiger partial charge on any atom is 0.325 e.